The van der Waals surface area contributed by atoms with E-state index in [0.29, 0.717) is 26.2 Å². The van der Waals surface area contributed by atoms with Crippen LogP contribution in [-0.2, 0) is 19.6 Å². The molecule has 0 aromatic carbocycles. The van der Waals surface area contributed by atoms with E-state index in [-0.39, 0.29) is 11.9 Å². The molecule has 0 aromatic heterocycles. The molecule has 1 saturated heterocycles. The van der Waals surface area contributed by atoms with E-state index in [9.17, 15) is 8.42 Å². The highest BCUT2D eigenvalue weighted by Crippen LogP contribution is 2.12. The van der Waals surface area contributed by atoms with Crippen LogP contribution in [0.25, 0.3) is 0 Å². The molecule has 1 N–H and O–H groups in total. The van der Waals surface area contributed by atoms with Gasteiger partial charge in [-0.2, -0.15) is 8.42 Å². The van der Waals surface area contributed by atoms with Crippen LogP contribution in [-0.4, -0.2) is 44.6 Å². The fraction of sp³-hybridized carbons (Fsp3) is 1.00. The van der Waals surface area contributed by atoms with Crippen molar-refractivity contribution in [3.05, 3.63) is 0 Å². The molecule has 1 unspecified atom stereocenters. The van der Waals surface area contributed by atoms with Crippen molar-refractivity contribution < 1.29 is 22.4 Å². The van der Waals surface area contributed by atoms with Gasteiger partial charge in [-0.05, 0) is 12.8 Å². The Balaban J connectivity index is 1.83. The first kappa shape index (κ1) is 15.9. The van der Waals surface area contributed by atoms with Crippen molar-refractivity contribution >= 4 is 10.1 Å². The van der Waals surface area contributed by atoms with Gasteiger partial charge < -0.3 is 9.47 Å². The molecule has 1 atom stereocenters. The largest absolute Gasteiger partial charge is 0.376 e. The molecule has 1 fully saturated rings. The SMILES string of the molecule is O=S(=O)(O)CCCCCCCCC1COCCO1. The number of ether oxygens (including phenoxy) is 2. The minimum Gasteiger partial charge on any atom is -0.376 e. The van der Waals surface area contributed by atoms with E-state index in [2.05, 4.69) is 0 Å². The summed E-state index contributed by atoms with van der Waals surface area (Å²) in [5.41, 5.74) is 0. The summed E-state index contributed by atoms with van der Waals surface area (Å²) in [6.45, 7) is 2.14. The van der Waals surface area contributed by atoms with Crippen LogP contribution in [0.2, 0.25) is 0 Å². The Morgan fingerprint density at radius 3 is 2.28 bits per heavy atom. The molecule has 108 valence electrons. The third-order valence-corrected chi connectivity index (χ3v) is 3.87. The standard InChI is InChI=1S/C12H24O5S/c13-18(14,15)10-6-4-2-1-3-5-7-12-11-16-8-9-17-12/h12H,1-11H2,(H,13,14,15). The van der Waals surface area contributed by atoms with Crippen molar-refractivity contribution in [1.29, 1.82) is 0 Å². The van der Waals surface area contributed by atoms with Gasteiger partial charge in [0.25, 0.3) is 10.1 Å². The molecule has 0 bridgehead atoms. The van der Waals surface area contributed by atoms with Crippen molar-refractivity contribution in [2.45, 2.75) is 51.0 Å². The second-order valence-corrected chi connectivity index (χ2v) is 6.34. The molecule has 6 heteroatoms. The summed E-state index contributed by atoms with van der Waals surface area (Å²) in [5, 5.41) is 0. The molecule has 1 heterocycles. The van der Waals surface area contributed by atoms with Gasteiger partial charge in [0, 0.05) is 0 Å². The first-order valence-electron chi connectivity index (χ1n) is 6.72. The molecule has 0 saturated carbocycles. The van der Waals surface area contributed by atoms with Crippen LogP contribution >= 0.6 is 0 Å². The molecule has 0 spiro atoms. The van der Waals surface area contributed by atoms with Crippen molar-refractivity contribution in [3.63, 3.8) is 0 Å². The highest BCUT2D eigenvalue weighted by Gasteiger charge is 2.13. The minimum atomic E-state index is -3.77. The molecule has 0 amide bonds. The monoisotopic (exact) mass is 280 g/mol. The maximum absolute atomic E-state index is 10.5. The van der Waals surface area contributed by atoms with E-state index < -0.39 is 10.1 Å². The second-order valence-electron chi connectivity index (χ2n) is 4.76. The number of hydrogen-bond donors (Lipinski definition) is 1. The van der Waals surface area contributed by atoms with Crippen molar-refractivity contribution in [3.8, 4) is 0 Å². The lowest BCUT2D eigenvalue weighted by Gasteiger charge is -2.22. The Morgan fingerprint density at radius 2 is 1.67 bits per heavy atom. The zero-order valence-corrected chi connectivity index (χ0v) is 11.7. The topological polar surface area (TPSA) is 72.8 Å². The highest BCUT2D eigenvalue weighted by molar-refractivity contribution is 7.85. The first-order chi connectivity index (χ1) is 8.58. The van der Waals surface area contributed by atoms with Crippen LogP contribution in [0.15, 0.2) is 0 Å². The molecular formula is C12H24O5S. The fourth-order valence-corrected chi connectivity index (χ4v) is 2.64. The van der Waals surface area contributed by atoms with Gasteiger partial charge in [-0.25, -0.2) is 0 Å². The van der Waals surface area contributed by atoms with Crippen LogP contribution in [0.4, 0.5) is 0 Å². The summed E-state index contributed by atoms with van der Waals surface area (Å²) in [5.74, 6) is -0.111. The summed E-state index contributed by atoms with van der Waals surface area (Å²) in [6, 6.07) is 0. The Kier molecular flexibility index (Phi) is 7.81. The summed E-state index contributed by atoms with van der Waals surface area (Å²) in [6.07, 6.45) is 7.14. The number of unbranched alkanes of at least 4 members (excludes halogenated alkanes) is 5. The van der Waals surface area contributed by atoms with Crippen LogP contribution in [0.3, 0.4) is 0 Å². The zero-order valence-electron chi connectivity index (χ0n) is 10.8. The van der Waals surface area contributed by atoms with Crippen molar-refractivity contribution in [2.24, 2.45) is 0 Å². The normalized spacial score (nSPS) is 21.1. The molecule has 1 aliphatic rings. The predicted octanol–water partition coefficient (Wildman–Crippen LogP) is 2.02. The van der Waals surface area contributed by atoms with Gasteiger partial charge >= 0.3 is 0 Å². The van der Waals surface area contributed by atoms with E-state index in [0.717, 1.165) is 38.5 Å². The molecule has 1 rings (SSSR count). The van der Waals surface area contributed by atoms with E-state index in [4.69, 9.17) is 14.0 Å². The Bertz CT molecular complexity index is 296. The Morgan fingerprint density at radius 1 is 1.00 bits per heavy atom. The third kappa shape index (κ3) is 8.85. The summed E-state index contributed by atoms with van der Waals surface area (Å²) in [4.78, 5) is 0. The molecular weight excluding hydrogens is 256 g/mol. The van der Waals surface area contributed by atoms with E-state index in [1.807, 2.05) is 0 Å². The summed E-state index contributed by atoms with van der Waals surface area (Å²) in [7, 11) is -3.77. The Hall–Kier alpha value is -0.170. The van der Waals surface area contributed by atoms with Gasteiger partial charge in [0.2, 0.25) is 0 Å². The lowest BCUT2D eigenvalue weighted by atomic mass is 10.1. The van der Waals surface area contributed by atoms with Crippen LogP contribution in [0.1, 0.15) is 44.9 Å². The summed E-state index contributed by atoms with van der Waals surface area (Å²) >= 11 is 0. The average molecular weight is 280 g/mol. The molecule has 0 aliphatic carbocycles. The quantitative estimate of drug-likeness (QED) is 0.517. The summed E-state index contributed by atoms with van der Waals surface area (Å²) < 4.78 is 40.4. The predicted molar refractivity (Wildman–Crippen MR) is 69.3 cm³/mol. The van der Waals surface area contributed by atoms with Gasteiger partial charge in [-0.15, -0.1) is 0 Å². The number of rotatable bonds is 9. The van der Waals surface area contributed by atoms with Crippen molar-refractivity contribution in [1.82, 2.24) is 0 Å². The Labute approximate surface area is 110 Å². The van der Waals surface area contributed by atoms with Crippen molar-refractivity contribution in [2.75, 3.05) is 25.6 Å². The van der Waals surface area contributed by atoms with Gasteiger partial charge in [-0.1, -0.05) is 32.1 Å². The lowest BCUT2D eigenvalue weighted by Crippen LogP contribution is -2.28. The van der Waals surface area contributed by atoms with Gasteiger partial charge in [-0.3, -0.25) is 4.55 Å². The maximum atomic E-state index is 10.5. The zero-order chi connectivity index (χ0) is 13.3. The van der Waals surface area contributed by atoms with Gasteiger partial charge in [0.1, 0.15) is 0 Å². The van der Waals surface area contributed by atoms with E-state index in [1.165, 1.54) is 0 Å². The van der Waals surface area contributed by atoms with Crippen LogP contribution in [0, 0.1) is 0 Å². The lowest BCUT2D eigenvalue weighted by molar-refractivity contribution is -0.0912. The average Bonchev–Trinajstić information content (AvgIpc) is 2.32. The van der Waals surface area contributed by atoms with E-state index >= 15 is 0 Å². The smallest absolute Gasteiger partial charge is 0.264 e. The minimum absolute atomic E-state index is 0.111. The molecule has 1 aliphatic heterocycles. The molecule has 0 aromatic rings. The first-order valence-corrected chi connectivity index (χ1v) is 8.33. The van der Waals surface area contributed by atoms with E-state index in [1.54, 1.807) is 0 Å². The molecule has 5 nitrogen and oxygen atoms in total. The molecule has 0 radical (unpaired) electrons. The fourth-order valence-electron chi connectivity index (χ4n) is 2.07. The maximum Gasteiger partial charge on any atom is 0.264 e. The van der Waals surface area contributed by atoms with Crippen LogP contribution in [0.5, 0.6) is 0 Å². The third-order valence-electron chi connectivity index (χ3n) is 3.06. The highest BCUT2D eigenvalue weighted by atomic mass is 32.2. The van der Waals surface area contributed by atoms with Gasteiger partial charge in [0.15, 0.2) is 0 Å². The van der Waals surface area contributed by atoms with Gasteiger partial charge in [0.05, 0.1) is 31.7 Å². The van der Waals surface area contributed by atoms with Crippen LogP contribution < -0.4 is 0 Å². The molecule has 18 heavy (non-hydrogen) atoms. The second kappa shape index (κ2) is 8.85. The number of hydrogen-bond acceptors (Lipinski definition) is 4.